The fourth-order valence-electron chi connectivity index (χ4n) is 4.97. The molecule has 5 nitrogen and oxygen atoms in total. The Kier molecular flexibility index (Phi) is 5.66. The van der Waals surface area contributed by atoms with Crippen molar-refractivity contribution >= 4 is 0 Å². The summed E-state index contributed by atoms with van der Waals surface area (Å²) < 4.78 is 22.9. The molecule has 0 saturated carbocycles. The van der Waals surface area contributed by atoms with Gasteiger partial charge in [0.1, 0.15) is 18.1 Å². The SMILES string of the molecule is COc1cc2c(cc1COc1ccccc1)CCN1Cc3cc(OC)c(OC)cc3CC21. The summed E-state index contributed by atoms with van der Waals surface area (Å²) in [7, 11) is 5.12. The summed E-state index contributed by atoms with van der Waals surface area (Å²) in [5.74, 6) is 3.35. The highest BCUT2D eigenvalue weighted by Crippen LogP contribution is 2.43. The Morgan fingerprint density at radius 1 is 0.812 bits per heavy atom. The lowest BCUT2D eigenvalue weighted by Crippen LogP contribution is -2.39. The average molecular weight is 432 g/mol. The number of rotatable bonds is 6. The summed E-state index contributed by atoms with van der Waals surface area (Å²) in [5.41, 5.74) is 6.49. The second kappa shape index (κ2) is 8.75. The Labute approximate surface area is 189 Å². The second-order valence-electron chi connectivity index (χ2n) is 8.38. The molecule has 32 heavy (non-hydrogen) atoms. The molecule has 0 N–H and O–H groups in total. The summed E-state index contributed by atoms with van der Waals surface area (Å²) in [6.07, 6.45) is 1.97. The van der Waals surface area contributed by atoms with Crippen LogP contribution in [0.1, 0.15) is 33.9 Å². The molecule has 0 saturated heterocycles. The third kappa shape index (κ3) is 3.78. The molecule has 1 unspecified atom stereocenters. The van der Waals surface area contributed by atoms with Gasteiger partial charge >= 0.3 is 0 Å². The molecule has 5 rings (SSSR count). The molecule has 2 aliphatic rings. The van der Waals surface area contributed by atoms with Crippen molar-refractivity contribution in [1.82, 2.24) is 4.90 Å². The molecule has 3 aromatic rings. The number of para-hydroxylation sites is 1. The normalized spacial score (nSPS) is 17.0. The number of methoxy groups -OCH3 is 3. The molecule has 0 amide bonds. The zero-order valence-corrected chi connectivity index (χ0v) is 18.9. The van der Waals surface area contributed by atoms with Crippen molar-refractivity contribution in [2.75, 3.05) is 27.9 Å². The van der Waals surface area contributed by atoms with E-state index in [1.54, 1.807) is 21.3 Å². The van der Waals surface area contributed by atoms with Crippen LogP contribution in [0.4, 0.5) is 0 Å². The Bertz CT molecular complexity index is 1110. The van der Waals surface area contributed by atoms with E-state index in [1.165, 1.54) is 22.3 Å². The van der Waals surface area contributed by atoms with Crippen LogP contribution in [-0.2, 0) is 26.0 Å². The molecular weight excluding hydrogens is 402 g/mol. The first-order chi connectivity index (χ1) is 15.7. The van der Waals surface area contributed by atoms with Crippen LogP contribution in [-0.4, -0.2) is 32.8 Å². The van der Waals surface area contributed by atoms with Gasteiger partial charge in [-0.3, -0.25) is 4.90 Å². The summed E-state index contributed by atoms with van der Waals surface area (Å²) in [6, 6.07) is 19.0. The molecular formula is C27H29NO4. The van der Waals surface area contributed by atoms with Crippen LogP contribution in [0.2, 0.25) is 0 Å². The van der Waals surface area contributed by atoms with Gasteiger partial charge in [0.25, 0.3) is 0 Å². The highest BCUT2D eigenvalue weighted by atomic mass is 16.5. The lowest BCUT2D eigenvalue weighted by Gasteiger charge is -2.42. The number of hydrogen-bond donors (Lipinski definition) is 0. The first kappa shape index (κ1) is 20.7. The Hall–Kier alpha value is -3.18. The van der Waals surface area contributed by atoms with Gasteiger partial charge in [0.2, 0.25) is 0 Å². The van der Waals surface area contributed by atoms with E-state index >= 15 is 0 Å². The molecule has 5 heteroatoms. The third-order valence-corrected chi connectivity index (χ3v) is 6.64. The molecule has 0 radical (unpaired) electrons. The topological polar surface area (TPSA) is 40.2 Å². The van der Waals surface area contributed by atoms with Crippen molar-refractivity contribution in [3.63, 3.8) is 0 Å². The minimum absolute atomic E-state index is 0.336. The van der Waals surface area contributed by atoms with Crippen LogP contribution in [0.15, 0.2) is 54.6 Å². The fourth-order valence-corrected chi connectivity index (χ4v) is 4.97. The van der Waals surface area contributed by atoms with Crippen molar-refractivity contribution in [2.24, 2.45) is 0 Å². The van der Waals surface area contributed by atoms with Crippen LogP contribution in [0.3, 0.4) is 0 Å². The van der Waals surface area contributed by atoms with E-state index in [2.05, 4.69) is 29.2 Å². The number of nitrogens with zero attached hydrogens (tertiary/aromatic N) is 1. The summed E-state index contributed by atoms with van der Waals surface area (Å²) >= 11 is 0. The molecule has 0 aromatic heterocycles. The molecule has 166 valence electrons. The van der Waals surface area contributed by atoms with Gasteiger partial charge in [0.15, 0.2) is 11.5 Å². The largest absolute Gasteiger partial charge is 0.496 e. The second-order valence-corrected chi connectivity index (χ2v) is 8.38. The highest BCUT2D eigenvalue weighted by molar-refractivity contribution is 5.51. The predicted molar refractivity (Wildman–Crippen MR) is 124 cm³/mol. The van der Waals surface area contributed by atoms with E-state index in [0.29, 0.717) is 12.6 Å². The van der Waals surface area contributed by atoms with E-state index in [1.807, 2.05) is 30.3 Å². The number of benzene rings is 3. The van der Waals surface area contributed by atoms with Gasteiger partial charge in [0.05, 0.1) is 21.3 Å². The average Bonchev–Trinajstić information content (AvgIpc) is 2.85. The molecule has 0 fully saturated rings. The van der Waals surface area contributed by atoms with Gasteiger partial charge in [-0.15, -0.1) is 0 Å². The van der Waals surface area contributed by atoms with Crippen molar-refractivity contribution in [3.05, 3.63) is 82.4 Å². The minimum Gasteiger partial charge on any atom is -0.496 e. The number of hydrogen-bond acceptors (Lipinski definition) is 5. The fraction of sp³-hybridized carbons (Fsp3) is 0.333. The maximum atomic E-state index is 6.01. The molecule has 3 aromatic carbocycles. The summed E-state index contributed by atoms with van der Waals surface area (Å²) in [6.45, 7) is 2.45. The highest BCUT2D eigenvalue weighted by Gasteiger charge is 2.33. The first-order valence-electron chi connectivity index (χ1n) is 11.1. The Morgan fingerprint density at radius 3 is 2.25 bits per heavy atom. The van der Waals surface area contributed by atoms with Crippen molar-refractivity contribution < 1.29 is 18.9 Å². The first-order valence-corrected chi connectivity index (χ1v) is 11.1. The predicted octanol–water partition coefficient (Wildman–Crippen LogP) is 4.95. The monoisotopic (exact) mass is 431 g/mol. The van der Waals surface area contributed by atoms with Gasteiger partial charge in [-0.25, -0.2) is 0 Å². The van der Waals surface area contributed by atoms with Gasteiger partial charge in [-0.2, -0.15) is 0 Å². The molecule has 2 heterocycles. The Morgan fingerprint density at radius 2 is 1.53 bits per heavy atom. The van der Waals surface area contributed by atoms with Crippen LogP contribution in [0, 0.1) is 0 Å². The lowest BCUT2D eigenvalue weighted by atomic mass is 9.83. The van der Waals surface area contributed by atoms with Crippen LogP contribution >= 0.6 is 0 Å². The quantitative estimate of drug-likeness (QED) is 0.553. The van der Waals surface area contributed by atoms with Crippen molar-refractivity contribution in [3.8, 4) is 23.0 Å². The van der Waals surface area contributed by atoms with E-state index in [0.717, 1.165) is 54.5 Å². The Balaban J connectivity index is 1.44. The maximum absolute atomic E-state index is 6.01. The van der Waals surface area contributed by atoms with E-state index < -0.39 is 0 Å². The molecule has 1 atom stereocenters. The zero-order chi connectivity index (χ0) is 22.1. The van der Waals surface area contributed by atoms with Crippen molar-refractivity contribution in [1.29, 1.82) is 0 Å². The summed E-state index contributed by atoms with van der Waals surface area (Å²) in [5, 5.41) is 0. The van der Waals surface area contributed by atoms with E-state index in [9.17, 15) is 0 Å². The van der Waals surface area contributed by atoms with Crippen LogP contribution < -0.4 is 18.9 Å². The van der Waals surface area contributed by atoms with E-state index in [4.69, 9.17) is 18.9 Å². The lowest BCUT2D eigenvalue weighted by molar-refractivity contribution is 0.160. The van der Waals surface area contributed by atoms with Crippen LogP contribution in [0.5, 0.6) is 23.0 Å². The maximum Gasteiger partial charge on any atom is 0.161 e. The van der Waals surface area contributed by atoms with Gasteiger partial charge in [-0.1, -0.05) is 18.2 Å². The van der Waals surface area contributed by atoms with Crippen molar-refractivity contribution in [2.45, 2.75) is 32.0 Å². The van der Waals surface area contributed by atoms with Gasteiger partial charge < -0.3 is 18.9 Å². The molecule has 2 aliphatic heterocycles. The minimum atomic E-state index is 0.336. The molecule has 0 bridgehead atoms. The van der Waals surface area contributed by atoms with Gasteiger partial charge in [0, 0.05) is 24.7 Å². The smallest absolute Gasteiger partial charge is 0.161 e. The standard InChI is InChI=1S/C27H29NO4/c1-29-25-15-23-18(11-21(25)17-32-22-7-5-4-6-8-22)9-10-28-16-20-14-27(31-3)26(30-2)13-19(20)12-24(23)28/h4-8,11,13-15,24H,9-10,12,16-17H2,1-3H3. The number of fused-ring (bicyclic) bond motifs is 4. The van der Waals surface area contributed by atoms with E-state index in [-0.39, 0.29) is 0 Å². The summed E-state index contributed by atoms with van der Waals surface area (Å²) in [4.78, 5) is 2.57. The molecule has 0 aliphatic carbocycles. The zero-order valence-electron chi connectivity index (χ0n) is 18.9. The van der Waals surface area contributed by atoms with Gasteiger partial charge in [-0.05, 0) is 71.5 Å². The van der Waals surface area contributed by atoms with Crippen LogP contribution in [0.25, 0.3) is 0 Å². The molecule has 0 spiro atoms. The third-order valence-electron chi connectivity index (χ3n) is 6.64. The number of ether oxygens (including phenoxy) is 4.